The van der Waals surface area contributed by atoms with E-state index >= 15 is 4.79 Å². The van der Waals surface area contributed by atoms with E-state index in [1.165, 1.54) is 0 Å². The largest absolute Gasteiger partial charge is 0.454 e. The topological polar surface area (TPSA) is 84.9 Å². The molecular formula is C35H25ClN2O5. The quantitative estimate of drug-likeness (QED) is 0.281. The van der Waals surface area contributed by atoms with Gasteiger partial charge in [0.15, 0.2) is 23.1 Å². The predicted molar refractivity (Wildman–Crippen MR) is 163 cm³/mol. The van der Waals surface area contributed by atoms with Crippen molar-refractivity contribution in [3.8, 4) is 11.5 Å². The molecule has 7 nitrogen and oxygen atoms in total. The lowest BCUT2D eigenvalue weighted by Crippen LogP contribution is -2.51. The first kappa shape index (κ1) is 25.8. The molecule has 0 bridgehead atoms. The Morgan fingerprint density at radius 1 is 0.884 bits per heavy atom. The molecule has 4 aliphatic rings. The van der Waals surface area contributed by atoms with E-state index in [-0.39, 0.29) is 24.3 Å². The van der Waals surface area contributed by atoms with Crippen LogP contribution in [0.1, 0.15) is 38.8 Å². The van der Waals surface area contributed by atoms with Crippen LogP contribution in [0.5, 0.6) is 11.5 Å². The SMILES string of the molecule is CC1=C[C@@H]2N(c3ccccc31)[C@@H](C(=O)c1ccc(Cl)cc1)[C@@H](C(=O)c1ccc3c(c1)OCO3)[C@@]21C(=O)Nc2ccccc21. The van der Waals surface area contributed by atoms with Gasteiger partial charge >= 0.3 is 0 Å². The number of halogens is 1. The molecule has 0 saturated carbocycles. The predicted octanol–water partition coefficient (Wildman–Crippen LogP) is 6.31. The number of carbonyl (C=O) groups excluding carboxylic acids is 3. The molecule has 212 valence electrons. The highest BCUT2D eigenvalue weighted by atomic mass is 35.5. The summed E-state index contributed by atoms with van der Waals surface area (Å²) in [5, 5.41) is 3.56. The lowest BCUT2D eigenvalue weighted by Gasteiger charge is -2.39. The number of nitrogens with zero attached hydrogens (tertiary/aromatic N) is 1. The molecule has 8 heteroatoms. The van der Waals surface area contributed by atoms with Crippen LogP contribution in [-0.4, -0.2) is 36.4 Å². The number of Topliss-reactive ketones (excluding diaryl/α,β-unsaturated/α-hetero) is 2. The van der Waals surface area contributed by atoms with Gasteiger partial charge in [0.05, 0.1) is 12.0 Å². The molecule has 4 heterocycles. The molecule has 0 unspecified atom stereocenters. The zero-order chi connectivity index (χ0) is 29.5. The van der Waals surface area contributed by atoms with Crippen molar-refractivity contribution in [2.45, 2.75) is 24.4 Å². The van der Waals surface area contributed by atoms with E-state index in [1.54, 1.807) is 42.5 Å². The Balaban J connectivity index is 1.42. The first-order valence-corrected chi connectivity index (χ1v) is 14.5. The number of ether oxygens (including phenoxy) is 2. The van der Waals surface area contributed by atoms with E-state index in [0.717, 1.165) is 16.8 Å². The Labute approximate surface area is 252 Å². The van der Waals surface area contributed by atoms with Crippen LogP contribution in [0.3, 0.4) is 0 Å². The van der Waals surface area contributed by atoms with Crippen molar-refractivity contribution in [1.29, 1.82) is 0 Å². The maximum Gasteiger partial charge on any atom is 0.238 e. The Kier molecular flexibility index (Phi) is 5.59. The van der Waals surface area contributed by atoms with Gasteiger partial charge in [-0.2, -0.15) is 0 Å². The minimum atomic E-state index is -1.40. The summed E-state index contributed by atoms with van der Waals surface area (Å²) in [5.74, 6) is -0.987. The molecular weight excluding hydrogens is 564 g/mol. The number of fused-ring (bicyclic) bond motifs is 7. The highest BCUT2D eigenvalue weighted by molar-refractivity contribution is 6.30. The second-order valence-electron chi connectivity index (χ2n) is 11.3. The van der Waals surface area contributed by atoms with E-state index in [2.05, 4.69) is 5.32 Å². The van der Waals surface area contributed by atoms with Crippen LogP contribution in [0, 0.1) is 5.92 Å². The average Bonchev–Trinajstić information content (AvgIpc) is 3.70. The van der Waals surface area contributed by atoms with E-state index in [1.807, 2.05) is 66.4 Å². The van der Waals surface area contributed by atoms with Gasteiger partial charge in [-0.1, -0.05) is 54.1 Å². The summed E-state index contributed by atoms with van der Waals surface area (Å²) in [6.45, 7) is 2.07. The van der Waals surface area contributed by atoms with Gasteiger partial charge in [0.25, 0.3) is 0 Å². The highest BCUT2D eigenvalue weighted by Crippen LogP contribution is 2.59. The molecule has 8 rings (SSSR count). The van der Waals surface area contributed by atoms with Crippen LogP contribution in [0.4, 0.5) is 11.4 Å². The van der Waals surface area contributed by atoms with Crippen molar-refractivity contribution < 1.29 is 23.9 Å². The zero-order valence-electron chi connectivity index (χ0n) is 23.0. The van der Waals surface area contributed by atoms with Crippen LogP contribution in [-0.2, 0) is 10.2 Å². The monoisotopic (exact) mass is 588 g/mol. The molecule has 0 aromatic heterocycles. The second-order valence-corrected chi connectivity index (χ2v) is 11.8. The van der Waals surface area contributed by atoms with Crippen LogP contribution in [0.2, 0.25) is 5.02 Å². The van der Waals surface area contributed by atoms with Gasteiger partial charge in [0, 0.05) is 33.1 Å². The van der Waals surface area contributed by atoms with Gasteiger partial charge in [-0.25, -0.2) is 0 Å². The van der Waals surface area contributed by atoms with Crippen molar-refractivity contribution in [1.82, 2.24) is 0 Å². The average molecular weight is 589 g/mol. The maximum absolute atomic E-state index is 15.0. The summed E-state index contributed by atoms with van der Waals surface area (Å²) in [7, 11) is 0. The van der Waals surface area contributed by atoms with Gasteiger partial charge in [-0.05, 0) is 72.7 Å². The number of benzene rings is 4. The summed E-state index contributed by atoms with van der Waals surface area (Å²) in [6, 6.07) is 25.4. The lowest BCUT2D eigenvalue weighted by atomic mass is 9.64. The molecule has 4 aromatic carbocycles. The van der Waals surface area contributed by atoms with Crippen molar-refractivity contribution in [3.63, 3.8) is 0 Å². The van der Waals surface area contributed by atoms with Crippen molar-refractivity contribution in [3.05, 3.63) is 124 Å². The Morgan fingerprint density at radius 2 is 1.60 bits per heavy atom. The van der Waals surface area contributed by atoms with E-state index in [9.17, 15) is 9.59 Å². The lowest BCUT2D eigenvalue weighted by molar-refractivity contribution is -0.121. The number of anilines is 2. The number of nitrogens with one attached hydrogen (secondary N) is 1. The number of ketones is 2. The highest BCUT2D eigenvalue weighted by Gasteiger charge is 2.70. The molecule has 1 amide bonds. The molecule has 4 atom stereocenters. The molecule has 4 aliphatic heterocycles. The third-order valence-electron chi connectivity index (χ3n) is 9.22. The third-order valence-corrected chi connectivity index (χ3v) is 9.47. The number of rotatable bonds is 4. The number of allylic oxidation sites excluding steroid dienone is 1. The van der Waals surface area contributed by atoms with Crippen LogP contribution in [0.25, 0.3) is 5.57 Å². The number of amides is 1. The van der Waals surface area contributed by atoms with Crippen molar-refractivity contribution >= 4 is 46.0 Å². The van der Waals surface area contributed by atoms with Gasteiger partial charge < -0.3 is 19.7 Å². The van der Waals surface area contributed by atoms with Crippen LogP contribution < -0.4 is 19.7 Å². The summed E-state index contributed by atoms with van der Waals surface area (Å²) in [5.41, 5.74) is 3.42. The van der Waals surface area contributed by atoms with Crippen LogP contribution >= 0.6 is 11.6 Å². The van der Waals surface area contributed by atoms with Gasteiger partial charge in [-0.15, -0.1) is 0 Å². The molecule has 0 aliphatic carbocycles. The molecule has 43 heavy (non-hydrogen) atoms. The number of hydrogen-bond acceptors (Lipinski definition) is 6. The molecule has 4 aromatic rings. The summed E-state index contributed by atoms with van der Waals surface area (Å²) in [4.78, 5) is 46.3. The molecule has 0 radical (unpaired) electrons. The van der Waals surface area contributed by atoms with Crippen molar-refractivity contribution in [2.75, 3.05) is 17.0 Å². The second kappa shape index (κ2) is 9.31. The molecule has 1 spiro atoms. The van der Waals surface area contributed by atoms with E-state index in [4.69, 9.17) is 21.1 Å². The fraction of sp³-hybridized carbons (Fsp3) is 0.171. The van der Waals surface area contributed by atoms with Gasteiger partial charge in [0.1, 0.15) is 11.5 Å². The van der Waals surface area contributed by atoms with E-state index < -0.39 is 23.4 Å². The minimum Gasteiger partial charge on any atom is -0.454 e. The molecule has 1 fully saturated rings. The normalized spacial score (nSPS) is 24.2. The fourth-order valence-electron chi connectivity index (χ4n) is 7.40. The first-order valence-electron chi connectivity index (χ1n) is 14.1. The number of para-hydroxylation sites is 2. The summed E-state index contributed by atoms with van der Waals surface area (Å²) >= 11 is 6.19. The smallest absolute Gasteiger partial charge is 0.238 e. The summed E-state index contributed by atoms with van der Waals surface area (Å²) in [6.07, 6.45) is 2.04. The standard InChI is InChI=1S/C35H25ClN2O5/c1-19-16-29-35(24-7-3-4-8-25(24)37-34(35)41)30(32(39)21-12-15-27-28(17-21)43-18-42-27)31(33(40)20-10-13-22(36)14-11-20)38(29)26-9-5-2-6-23(19)26/h2-17,29-31H,18H2,1H3,(H,37,41)/t29-,30-,31+,35-/m0/s1. The molecule has 1 N–H and O–H groups in total. The Hall–Kier alpha value is -4.88. The molecule has 1 saturated heterocycles. The van der Waals surface area contributed by atoms with Gasteiger partial charge in [0.2, 0.25) is 12.7 Å². The van der Waals surface area contributed by atoms with Gasteiger partial charge in [-0.3, -0.25) is 14.4 Å². The van der Waals surface area contributed by atoms with Crippen molar-refractivity contribution in [2.24, 2.45) is 5.92 Å². The Morgan fingerprint density at radius 3 is 2.44 bits per heavy atom. The third kappa shape index (κ3) is 3.52. The van der Waals surface area contributed by atoms with E-state index in [0.29, 0.717) is 38.9 Å². The van der Waals surface area contributed by atoms with Crippen LogP contribution in [0.15, 0.2) is 97.1 Å². The maximum atomic E-state index is 15.0. The minimum absolute atomic E-state index is 0.0600. The summed E-state index contributed by atoms with van der Waals surface area (Å²) < 4.78 is 11.1. The Bertz CT molecular complexity index is 1900. The number of carbonyl (C=O) groups is 3. The fourth-order valence-corrected chi connectivity index (χ4v) is 7.53. The number of hydrogen-bond donors (Lipinski definition) is 1. The first-order chi connectivity index (χ1) is 20.9. The zero-order valence-corrected chi connectivity index (χ0v) is 23.8.